The Morgan fingerprint density at radius 3 is 2.82 bits per heavy atom. The summed E-state index contributed by atoms with van der Waals surface area (Å²) in [6.07, 6.45) is 4.05. The summed E-state index contributed by atoms with van der Waals surface area (Å²) < 4.78 is 5.44. The van der Waals surface area contributed by atoms with Crippen LogP contribution in [0, 0.1) is 11.3 Å². The number of likely N-dealkylation sites (N-methyl/N-ethyl adjacent to an activating group) is 1. The highest BCUT2D eigenvalue weighted by molar-refractivity contribution is 4.88. The van der Waals surface area contributed by atoms with Gasteiger partial charge in [0.15, 0.2) is 0 Å². The van der Waals surface area contributed by atoms with Gasteiger partial charge in [-0.3, -0.25) is 0 Å². The molecular formula is C8H14N2O. The lowest BCUT2D eigenvalue weighted by atomic mass is 9.96. The predicted molar refractivity (Wildman–Crippen MR) is 42.1 cm³/mol. The minimum Gasteiger partial charge on any atom is -0.375 e. The smallest absolute Gasteiger partial charge is 0.119 e. The summed E-state index contributed by atoms with van der Waals surface area (Å²) in [5.41, 5.74) is 0. The van der Waals surface area contributed by atoms with Crippen molar-refractivity contribution in [3.63, 3.8) is 0 Å². The van der Waals surface area contributed by atoms with E-state index in [0.717, 1.165) is 0 Å². The zero-order valence-electron chi connectivity index (χ0n) is 6.84. The molecule has 3 heteroatoms. The number of nitriles is 1. The highest BCUT2D eigenvalue weighted by Crippen LogP contribution is 2.21. The second-order valence-electron chi connectivity index (χ2n) is 2.86. The molecule has 0 spiro atoms. The molecule has 62 valence electrons. The number of hydrogen-bond donors (Lipinski definition) is 1. The zero-order chi connectivity index (χ0) is 8.10. The van der Waals surface area contributed by atoms with Gasteiger partial charge in [0.2, 0.25) is 0 Å². The molecule has 1 N–H and O–H groups in total. The Hall–Kier alpha value is -0.590. The second-order valence-corrected chi connectivity index (χ2v) is 2.86. The lowest BCUT2D eigenvalue weighted by Gasteiger charge is -2.26. The molecule has 1 atom stereocenters. The van der Waals surface area contributed by atoms with E-state index in [2.05, 4.69) is 11.4 Å². The van der Waals surface area contributed by atoms with Gasteiger partial charge in [-0.2, -0.15) is 5.26 Å². The van der Waals surface area contributed by atoms with Crippen LogP contribution in [0.3, 0.4) is 0 Å². The van der Waals surface area contributed by atoms with Crippen LogP contribution in [0.2, 0.25) is 0 Å². The Balaban J connectivity index is 2.05. The summed E-state index contributed by atoms with van der Waals surface area (Å²) in [6, 6.07) is 1.98. The maximum absolute atomic E-state index is 8.54. The summed E-state index contributed by atoms with van der Waals surface area (Å²) in [4.78, 5) is 0. The first-order valence-electron chi connectivity index (χ1n) is 4.05. The summed E-state index contributed by atoms with van der Waals surface area (Å²) in [6.45, 7) is 0.525. The fourth-order valence-electron chi connectivity index (χ4n) is 0.955. The van der Waals surface area contributed by atoms with E-state index < -0.39 is 0 Å². The van der Waals surface area contributed by atoms with Crippen LogP contribution in [0.4, 0.5) is 0 Å². The van der Waals surface area contributed by atoms with E-state index in [9.17, 15) is 0 Å². The van der Waals surface area contributed by atoms with Crippen LogP contribution in [0.5, 0.6) is 0 Å². The largest absolute Gasteiger partial charge is 0.375 e. The van der Waals surface area contributed by atoms with Gasteiger partial charge in [-0.05, 0) is 26.3 Å². The summed E-state index contributed by atoms with van der Waals surface area (Å²) in [5, 5.41) is 11.4. The van der Waals surface area contributed by atoms with Crippen molar-refractivity contribution in [2.75, 3.05) is 13.7 Å². The molecule has 0 heterocycles. The molecule has 0 saturated heterocycles. The zero-order valence-corrected chi connectivity index (χ0v) is 6.84. The second kappa shape index (κ2) is 4.32. The van der Waals surface area contributed by atoms with E-state index in [1.54, 1.807) is 7.05 Å². The maximum atomic E-state index is 8.54. The van der Waals surface area contributed by atoms with Gasteiger partial charge < -0.3 is 10.1 Å². The van der Waals surface area contributed by atoms with Gasteiger partial charge in [-0.25, -0.2) is 0 Å². The average molecular weight is 154 g/mol. The minimum atomic E-state index is -0.143. The molecule has 0 aliphatic heterocycles. The Morgan fingerprint density at radius 2 is 2.45 bits per heavy atom. The first kappa shape index (κ1) is 8.51. The van der Waals surface area contributed by atoms with Gasteiger partial charge in [-0.1, -0.05) is 0 Å². The van der Waals surface area contributed by atoms with Crippen LogP contribution in [0.25, 0.3) is 0 Å². The number of ether oxygens (including phenoxy) is 1. The lowest BCUT2D eigenvalue weighted by molar-refractivity contribution is -0.00182. The molecule has 1 saturated carbocycles. The molecule has 0 radical (unpaired) electrons. The van der Waals surface area contributed by atoms with Crippen molar-refractivity contribution in [1.29, 1.82) is 5.26 Å². The van der Waals surface area contributed by atoms with Crippen molar-refractivity contribution in [1.82, 2.24) is 5.32 Å². The molecule has 0 bridgehead atoms. The predicted octanol–water partition coefficient (Wildman–Crippen LogP) is 0.667. The van der Waals surface area contributed by atoms with Crippen LogP contribution < -0.4 is 5.32 Å². The van der Waals surface area contributed by atoms with E-state index in [4.69, 9.17) is 10.00 Å². The van der Waals surface area contributed by atoms with Crippen LogP contribution in [-0.4, -0.2) is 25.8 Å². The van der Waals surface area contributed by atoms with E-state index in [0.29, 0.717) is 12.7 Å². The molecule has 1 unspecified atom stereocenters. The van der Waals surface area contributed by atoms with Crippen LogP contribution in [0.1, 0.15) is 19.3 Å². The Kier molecular flexibility index (Phi) is 3.34. The topological polar surface area (TPSA) is 45.0 Å². The molecule has 0 amide bonds. The van der Waals surface area contributed by atoms with E-state index in [1.165, 1.54) is 19.3 Å². The standard InChI is InChI=1S/C8H14N2O/c1-10-7(5-9)6-11-8-3-2-4-8/h7-8,10H,2-4,6H2,1H3. The molecule has 1 fully saturated rings. The summed E-state index contributed by atoms with van der Waals surface area (Å²) in [5.74, 6) is 0. The summed E-state index contributed by atoms with van der Waals surface area (Å²) in [7, 11) is 1.78. The fourth-order valence-corrected chi connectivity index (χ4v) is 0.955. The molecule has 1 aliphatic rings. The number of nitrogens with one attached hydrogen (secondary N) is 1. The molecule has 0 aromatic heterocycles. The van der Waals surface area contributed by atoms with Crippen molar-refractivity contribution in [2.24, 2.45) is 0 Å². The monoisotopic (exact) mass is 154 g/mol. The third-order valence-corrected chi connectivity index (χ3v) is 2.06. The van der Waals surface area contributed by atoms with Gasteiger partial charge >= 0.3 is 0 Å². The van der Waals surface area contributed by atoms with Crippen molar-refractivity contribution >= 4 is 0 Å². The molecule has 1 aliphatic carbocycles. The molecule has 0 aromatic carbocycles. The summed E-state index contributed by atoms with van der Waals surface area (Å²) >= 11 is 0. The highest BCUT2D eigenvalue weighted by atomic mass is 16.5. The maximum Gasteiger partial charge on any atom is 0.119 e. The van der Waals surface area contributed by atoms with Gasteiger partial charge in [0.1, 0.15) is 6.04 Å². The van der Waals surface area contributed by atoms with Crippen molar-refractivity contribution in [3.8, 4) is 6.07 Å². The Bertz CT molecular complexity index is 149. The first-order valence-corrected chi connectivity index (χ1v) is 4.05. The van der Waals surface area contributed by atoms with Crippen LogP contribution in [0.15, 0.2) is 0 Å². The van der Waals surface area contributed by atoms with Crippen LogP contribution in [-0.2, 0) is 4.74 Å². The van der Waals surface area contributed by atoms with E-state index in [-0.39, 0.29) is 6.04 Å². The average Bonchev–Trinajstić information content (AvgIpc) is 1.95. The number of nitrogens with zero attached hydrogens (tertiary/aromatic N) is 1. The van der Waals surface area contributed by atoms with Crippen molar-refractivity contribution in [3.05, 3.63) is 0 Å². The van der Waals surface area contributed by atoms with Gasteiger partial charge in [-0.15, -0.1) is 0 Å². The lowest BCUT2D eigenvalue weighted by Crippen LogP contribution is -2.32. The number of rotatable bonds is 4. The fraction of sp³-hybridized carbons (Fsp3) is 0.875. The highest BCUT2D eigenvalue weighted by Gasteiger charge is 2.18. The molecular weight excluding hydrogens is 140 g/mol. The van der Waals surface area contributed by atoms with E-state index >= 15 is 0 Å². The number of hydrogen-bond acceptors (Lipinski definition) is 3. The van der Waals surface area contributed by atoms with Crippen LogP contribution >= 0.6 is 0 Å². The SMILES string of the molecule is CNC(C#N)COC1CCC1. The molecule has 11 heavy (non-hydrogen) atoms. The van der Waals surface area contributed by atoms with Gasteiger partial charge in [0, 0.05) is 0 Å². The van der Waals surface area contributed by atoms with Gasteiger partial charge in [0.25, 0.3) is 0 Å². The molecule has 0 aromatic rings. The normalized spacial score (nSPS) is 20.4. The first-order chi connectivity index (χ1) is 5.36. The van der Waals surface area contributed by atoms with Gasteiger partial charge in [0.05, 0.1) is 18.8 Å². The molecule has 3 nitrogen and oxygen atoms in total. The Labute approximate surface area is 67.3 Å². The minimum absolute atomic E-state index is 0.143. The third-order valence-electron chi connectivity index (χ3n) is 2.06. The van der Waals surface area contributed by atoms with E-state index in [1.807, 2.05) is 0 Å². The molecule has 1 rings (SSSR count). The quantitative estimate of drug-likeness (QED) is 0.647. The Morgan fingerprint density at radius 1 is 1.73 bits per heavy atom. The van der Waals surface area contributed by atoms with Crippen molar-refractivity contribution in [2.45, 2.75) is 31.4 Å². The third kappa shape index (κ3) is 2.49. The van der Waals surface area contributed by atoms with Crippen molar-refractivity contribution < 1.29 is 4.74 Å².